The number of carboxylic acids is 2. The number of hydrogen-bond donors (Lipinski definition) is 2. The summed E-state index contributed by atoms with van der Waals surface area (Å²) >= 11 is 0. The van der Waals surface area contributed by atoms with Gasteiger partial charge in [0.15, 0.2) is 8.46 Å². The van der Waals surface area contributed by atoms with Gasteiger partial charge in [-0.05, 0) is 49.9 Å². The van der Waals surface area contributed by atoms with Crippen LogP contribution in [0.2, 0.25) is 0 Å². The second kappa shape index (κ2) is 8.01. The van der Waals surface area contributed by atoms with Gasteiger partial charge in [-0.1, -0.05) is 47.5 Å². The van der Waals surface area contributed by atoms with E-state index in [9.17, 15) is 24.4 Å². The molecule has 0 saturated heterocycles. The van der Waals surface area contributed by atoms with E-state index < -0.39 is 37.9 Å². The highest BCUT2D eigenvalue weighted by Gasteiger charge is 2.50. The molecule has 142 valence electrons. The lowest BCUT2D eigenvalue weighted by Gasteiger charge is -2.36. The highest BCUT2D eigenvalue weighted by atomic mass is 31.1. The molecular weight excluding hydrogens is 363 g/mol. The van der Waals surface area contributed by atoms with Crippen LogP contribution < -0.4 is 0 Å². The third-order valence-corrected chi connectivity index (χ3v) is 6.01. The Labute approximate surface area is 160 Å². The molecule has 2 aromatic carbocycles. The summed E-state index contributed by atoms with van der Waals surface area (Å²) in [6.07, 6.45) is -0.634. The molecule has 0 bridgehead atoms. The monoisotopic (exact) mass is 386 g/mol. The van der Waals surface area contributed by atoms with Gasteiger partial charge in [0, 0.05) is 0 Å². The molecule has 6 heteroatoms. The van der Waals surface area contributed by atoms with Crippen LogP contribution in [0.1, 0.15) is 39.8 Å². The smallest absolute Gasteiger partial charge is 0.309 e. The maximum Gasteiger partial charge on any atom is 0.309 e. The molecule has 27 heavy (non-hydrogen) atoms. The van der Waals surface area contributed by atoms with Crippen molar-refractivity contribution in [1.29, 1.82) is 0 Å². The fraction of sp³-hybridized carbons (Fsp3) is 0.333. The van der Waals surface area contributed by atoms with Gasteiger partial charge in [0.25, 0.3) is 0 Å². The Morgan fingerprint density at radius 1 is 0.926 bits per heavy atom. The van der Waals surface area contributed by atoms with Gasteiger partial charge in [0.2, 0.25) is 0 Å². The predicted molar refractivity (Wildman–Crippen MR) is 104 cm³/mol. The van der Waals surface area contributed by atoms with E-state index in [1.807, 2.05) is 52.0 Å². The Balaban J connectivity index is 2.98. The zero-order valence-corrected chi connectivity index (χ0v) is 16.7. The molecule has 0 aliphatic heterocycles. The average Bonchev–Trinajstić information content (AvgIpc) is 2.60. The molecule has 5 nitrogen and oxygen atoms in total. The normalized spacial score (nSPS) is 12.7. The van der Waals surface area contributed by atoms with Crippen LogP contribution in [0, 0.1) is 33.6 Å². The first kappa shape index (κ1) is 20.8. The first-order valence-corrected chi connectivity index (χ1v) is 9.39. The van der Waals surface area contributed by atoms with Crippen LogP contribution in [0.3, 0.4) is 0 Å². The summed E-state index contributed by atoms with van der Waals surface area (Å²) in [5, 5.41) is 17.8. The lowest BCUT2D eigenvalue weighted by molar-refractivity contribution is -0.149. The minimum atomic E-state index is -1.50. The van der Waals surface area contributed by atoms with E-state index in [4.69, 9.17) is 0 Å². The molecule has 0 radical (unpaired) electrons. The Bertz CT molecular complexity index is 852. The third-order valence-electron chi connectivity index (χ3n) is 4.93. The number of carbonyl (C=O) groups is 2. The van der Waals surface area contributed by atoms with Gasteiger partial charge in [-0.15, -0.1) is 0 Å². The lowest BCUT2D eigenvalue weighted by Crippen LogP contribution is -2.39. The van der Waals surface area contributed by atoms with Crippen LogP contribution in [-0.2, 0) is 19.3 Å². The number of rotatable bonds is 7. The highest BCUT2D eigenvalue weighted by molar-refractivity contribution is 7.26. The van der Waals surface area contributed by atoms with E-state index in [0.717, 1.165) is 22.3 Å². The number of hydrogen-bond acceptors (Lipinski definition) is 3. The fourth-order valence-corrected chi connectivity index (χ4v) is 4.57. The van der Waals surface area contributed by atoms with E-state index in [-0.39, 0.29) is 0 Å². The van der Waals surface area contributed by atoms with E-state index in [1.54, 1.807) is 12.1 Å². The van der Waals surface area contributed by atoms with Crippen molar-refractivity contribution in [3.05, 3.63) is 69.8 Å². The number of aryl methyl sites for hydroxylation is 4. The summed E-state index contributed by atoms with van der Waals surface area (Å²) in [4.78, 5) is 23.6. The summed E-state index contributed by atoms with van der Waals surface area (Å²) in [5.74, 6) is -3.93. The van der Waals surface area contributed by atoms with Gasteiger partial charge in [-0.3, -0.25) is 14.2 Å². The van der Waals surface area contributed by atoms with Gasteiger partial charge in [-0.25, -0.2) is 0 Å². The summed E-state index contributed by atoms with van der Waals surface area (Å²) in [5.41, 5.74) is 4.44. The highest BCUT2D eigenvalue weighted by Crippen LogP contribution is 2.52. The Morgan fingerprint density at radius 3 is 1.70 bits per heavy atom. The molecule has 1 unspecified atom stereocenters. The molecule has 2 aromatic rings. The van der Waals surface area contributed by atoms with Crippen molar-refractivity contribution >= 4 is 20.4 Å². The van der Waals surface area contributed by atoms with Crippen molar-refractivity contribution in [1.82, 2.24) is 0 Å². The minimum absolute atomic E-state index is 0.454. The molecule has 2 N–H and O–H groups in total. The lowest BCUT2D eigenvalue weighted by atomic mass is 9.74. The van der Waals surface area contributed by atoms with Gasteiger partial charge in [-0.2, -0.15) is 0 Å². The zero-order chi connectivity index (χ0) is 20.4. The summed E-state index contributed by atoms with van der Waals surface area (Å²) in [6, 6.07) is 11.1. The Hall–Kier alpha value is -2.52. The second-order valence-electron chi connectivity index (χ2n) is 6.98. The summed E-state index contributed by atoms with van der Waals surface area (Å²) in [7, 11) is -0.454. The van der Waals surface area contributed by atoms with Crippen LogP contribution >= 0.6 is 8.46 Å². The number of aliphatic carboxylic acids is 2. The molecule has 0 fully saturated rings. The molecular formula is C21H23O5P. The van der Waals surface area contributed by atoms with Crippen molar-refractivity contribution in [2.75, 3.05) is 0 Å². The summed E-state index contributed by atoms with van der Waals surface area (Å²) in [6.45, 7) is 7.37. The minimum Gasteiger partial charge on any atom is -0.481 e. The van der Waals surface area contributed by atoms with Crippen molar-refractivity contribution in [2.24, 2.45) is 5.92 Å². The van der Waals surface area contributed by atoms with Crippen LogP contribution in [0.4, 0.5) is 0 Å². The van der Waals surface area contributed by atoms with Gasteiger partial charge < -0.3 is 10.2 Å². The van der Waals surface area contributed by atoms with Crippen molar-refractivity contribution < 1.29 is 24.4 Å². The average molecular weight is 386 g/mol. The molecule has 0 aliphatic rings. The van der Waals surface area contributed by atoms with Crippen LogP contribution in [-0.4, -0.2) is 22.2 Å². The fourth-order valence-electron chi connectivity index (χ4n) is 3.56. The molecule has 0 aromatic heterocycles. The van der Waals surface area contributed by atoms with E-state index in [2.05, 4.69) is 0 Å². The quantitative estimate of drug-likeness (QED) is 0.677. The van der Waals surface area contributed by atoms with E-state index >= 15 is 0 Å². The van der Waals surface area contributed by atoms with Crippen molar-refractivity contribution in [3.8, 4) is 0 Å². The molecule has 2 rings (SSSR count). The largest absolute Gasteiger partial charge is 0.481 e. The topological polar surface area (TPSA) is 91.7 Å². The van der Waals surface area contributed by atoms with Crippen LogP contribution in [0.5, 0.6) is 0 Å². The van der Waals surface area contributed by atoms with Gasteiger partial charge >= 0.3 is 11.9 Å². The van der Waals surface area contributed by atoms with Gasteiger partial charge in [0.1, 0.15) is 5.16 Å². The molecule has 0 aliphatic carbocycles. The van der Waals surface area contributed by atoms with Crippen LogP contribution in [0.25, 0.3) is 0 Å². The maximum atomic E-state index is 12.7. The van der Waals surface area contributed by atoms with Crippen LogP contribution in [0.15, 0.2) is 36.4 Å². The van der Waals surface area contributed by atoms with E-state index in [1.165, 1.54) is 0 Å². The Morgan fingerprint density at radius 2 is 1.37 bits per heavy atom. The summed E-state index contributed by atoms with van der Waals surface area (Å²) < 4.78 is 12.7. The van der Waals surface area contributed by atoms with Crippen molar-refractivity contribution in [2.45, 2.75) is 39.3 Å². The molecule has 1 atom stereocenters. The first-order chi connectivity index (χ1) is 12.6. The standard InChI is InChI=1S/C21H23O5P/c1-12-5-7-14(3)16(9-12)21(27-26,18(20(24)25)11-19(22)23)17-10-13(2)6-8-15(17)4/h5-10,18H,11H2,1-4H3,(H,22,23)(H,24,25). The number of carboxylic acid groups (broad SMARTS) is 2. The molecule has 0 heterocycles. The molecule has 0 amide bonds. The second-order valence-corrected chi connectivity index (χ2v) is 7.87. The van der Waals surface area contributed by atoms with E-state index in [0.29, 0.717) is 11.1 Å². The number of benzene rings is 2. The first-order valence-electron chi connectivity index (χ1n) is 8.58. The molecule has 0 spiro atoms. The molecule has 0 saturated carbocycles. The zero-order valence-electron chi connectivity index (χ0n) is 15.8. The predicted octanol–water partition coefficient (Wildman–Crippen LogP) is 4.63. The van der Waals surface area contributed by atoms with Gasteiger partial charge in [0.05, 0.1) is 12.3 Å². The third kappa shape index (κ3) is 3.93. The van der Waals surface area contributed by atoms with Crippen molar-refractivity contribution in [3.63, 3.8) is 0 Å². The maximum absolute atomic E-state index is 12.7. The SMILES string of the molecule is Cc1ccc(C)c(C(P=O)(c2cc(C)ccc2C)C(CC(=O)O)C(=O)O)c1. The Kier molecular flexibility index (Phi) is 6.17.